The molecule has 148 valence electrons. The van der Waals surface area contributed by atoms with Crippen LogP contribution in [-0.2, 0) is 6.54 Å². The van der Waals surface area contributed by atoms with Gasteiger partial charge in [-0.05, 0) is 35.9 Å². The first-order valence-electron chi connectivity index (χ1n) is 10.2. The van der Waals surface area contributed by atoms with Crippen molar-refractivity contribution in [2.24, 2.45) is 0 Å². The Kier molecular flexibility index (Phi) is 4.96. The third kappa shape index (κ3) is 3.62. The number of aromatic hydroxyl groups is 1. The lowest BCUT2D eigenvalue weighted by Crippen LogP contribution is -2.46. The van der Waals surface area contributed by atoms with Gasteiger partial charge in [0.15, 0.2) is 0 Å². The van der Waals surface area contributed by atoms with E-state index < -0.39 is 0 Å². The molecule has 4 nitrogen and oxygen atoms in total. The first kappa shape index (κ1) is 18.6. The maximum atomic E-state index is 10.5. The van der Waals surface area contributed by atoms with Crippen LogP contribution in [0.4, 0.5) is 0 Å². The minimum absolute atomic E-state index is 0.334. The molecular formula is C24H25N3OS. The van der Waals surface area contributed by atoms with Crippen molar-refractivity contribution >= 4 is 32.3 Å². The Morgan fingerprint density at radius 1 is 0.966 bits per heavy atom. The van der Waals surface area contributed by atoms with Gasteiger partial charge in [0.05, 0.1) is 16.3 Å². The molecule has 1 aliphatic rings. The zero-order valence-electron chi connectivity index (χ0n) is 16.6. The third-order valence-electron chi connectivity index (χ3n) is 6.02. The van der Waals surface area contributed by atoms with E-state index in [0.29, 0.717) is 11.8 Å². The topological polar surface area (TPSA) is 39.6 Å². The van der Waals surface area contributed by atoms with E-state index in [-0.39, 0.29) is 0 Å². The molecule has 1 aliphatic heterocycles. The molecule has 0 aliphatic carbocycles. The molecule has 0 amide bonds. The van der Waals surface area contributed by atoms with E-state index in [2.05, 4.69) is 53.1 Å². The summed E-state index contributed by atoms with van der Waals surface area (Å²) in [5, 5.41) is 14.0. The minimum Gasteiger partial charge on any atom is -0.508 e. The molecule has 1 atom stereocenters. The lowest BCUT2D eigenvalue weighted by Gasteiger charge is -2.37. The van der Waals surface area contributed by atoms with E-state index in [9.17, 15) is 5.11 Å². The second-order valence-corrected chi connectivity index (χ2v) is 8.85. The molecule has 5 rings (SSSR count). The Bertz CT molecular complexity index is 1110. The highest BCUT2D eigenvalue weighted by atomic mass is 32.1. The van der Waals surface area contributed by atoms with Crippen molar-refractivity contribution < 1.29 is 5.11 Å². The van der Waals surface area contributed by atoms with Crippen LogP contribution in [0.25, 0.3) is 21.0 Å². The van der Waals surface area contributed by atoms with Crippen LogP contribution in [0, 0.1) is 0 Å². The Morgan fingerprint density at radius 2 is 1.72 bits per heavy atom. The quantitative estimate of drug-likeness (QED) is 0.519. The van der Waals surface area contributed by atoms with Crippen molar-refractivity contribution in [2.45, 2.75) is 19.5 Å². The minimum atomic E-state index is 0.334. The van der Waals surface area contributed by atoms with Gasteiger partial charge >= 0.3 is 0 Å². The molecule has 0 bridgehead atoms. The highest BCUT2D eigenvalue weighted by molar-refractivity contribution is 7.18. The van der Waals surface area contributed by atoms with E-state index in [4.69, 9.17) is 4.98 Å². The molecule has 0 spiro atoms. The number of benzene rings is 3. The summed E-state index contributed by atoms with van der Waals surface area (Å²) < 4.78 is 1.26. The van der Waals surface area contributed by atoms with Gasteiger partial charge in [-0.15, -0.1) is 11.3 Å². The maximum Gasteiger partial charge on any atom is 0.120 e. The van der Waals surface area contributed by atoms with Crippen molar-refractivity contribution in [1.82, 2.24) is 14.8 Å². The van der Waals surface area contributed by atoms with Gasteiger partial charge in [0.25, 0.3) is 0 Å². The van der Waals surface area contributed by atoms with Crippen molar-refractivity contribution in [3.63, 3.8) is 0 Å². The predicted molar refractivity (Wildman–Crippen MR) is 120 cm³/mol. The number of phenols is 1. The molecule has 29 heavy (non-hydrogen) atoms. The van der Waals surface area contributed by atoms with Gasteiger partial charge in [0.1, 0.15) is 10.8 Å². The Hall–Kier alpha value is -2.47. The fraction of sp³-hybridized carbons (Fsp3) is 0.292. The van der Waals surface area contributed by atoms with Crippen LogP contribution in [0.2, 0.25) is 0 Å². The molecule has 3 aromatic carbocycles. The average Bonchev–Trinajstić information content (AvgIpc) is 3.20. The van der Waals surface area contributed by atoms with E-state index in [1.54, 1.807) is 11.3 Å². The number of piperazine rings is 1. The predicted octanol–water partition coefficient (Wildman–Crippen LogP) is 5.03. The first-order valence-corrected chi connectivity index (χ1v) is 11.0. The van der Waals surface area contributed by atoms with Crippen LogP contribution in [0.15, 0.2) is 60.7 Å². The van der Waals surface area contributed by atoms with Gasteiger partial charge in [-0.3, -0.25) is 9.80 Å². The first-order chi connectivity index (χ1) is 14.2. The molecule has 1 saturated heterocycles. The lowest BCUT2D eigenvalue weighted by molar-refractivity contribution is 0.0976. The summed E-state index contributed by atoms with van der Waals surface area (Å²) in [4.78, 5) is 9.82. The number of fused-ring (bicyclic) bond motifs is 2. The molecule has 4 aromatic rings. The number of rotatable bonds is 4. The van der Waals surface area contributed by atoms with Crippen LogP contribution < -0.4 is 0 Å². The standard InChI is InChI=1S/C24H25N3OS/c1-17(24-25-21-8-4-5-9-23(21)29-24)27-14-12-26(13-15-27)16-20-19-7-3-2-6-18(19)10-11-22(20)28/h2-11,17,28H,12-16H2,1H3. The summed E-state index contributed by atoms with van der Waals surface area (Å²) in [6.45, 7) is 7.08. The van der Waals surface area contributed by atoms with E-state index >= 15 is 0 Å². The summed E-state index contributed by atoms with van der Waals surface area (Å²) in [6, 6.07) is 20.8. The summed E-state index contributed by atoms with van der Waals surface area (Å²) in [5.41, 5.74) is 2.14. The normalized spacial score (nSPS) is 17.1. The molecule has 1 fully saturated rings. The third-order valence-corrected chi connectivity index (χ3v) is 7.23. The lowest BCUT2D eigenvalue weighted by atomic mass is 10.0. The Balaban J connectivity index is 1.28. The van der Waals surface area contributed by atoms with Crippen molar-refractivity contribution in [1.29, 1.82) is 0 Å². The van der Waals surface area contributed by atoms with Gasteiger partial charge in [-0.1, -0.05) is 42.5 Å². The smallest absolute Gasteiger partial charge is 0.120 e. The average molecular weight is 404 g/mol. The largest absolute Gasteiger partial charge is 0.508 e. The summed E-state index contributed by atoms with van der Waals surface area (Å²) in [5.74, 6) is 0.397. The zero-order chi connectivity index (χ0) is 19.8. The second-order valence-electron chi connectivity index (χ2n) is 7.79. The molecule has 1 aromatic heterocycles. The molecule has 0 saturated carbocycles. The van der Waals surface area contributed by atoms with Crippen molar-refractivity contribution in [2.75, 3.05) is 26.2 Å². The number of nitrogens with zero attached hydrogens (tertiary/aromatic N) is 3. The highest BCUT2D eigenvalue weighted by Gasteiger charge is 2.25. The molecular weight excluding hydrogens is 378 g/mol. The van der Waals surface area contributed by atoms with Crippen LogP contribution in [-0.4, -0.2) is 46.1 Å². The van der Waals surface area contributed by atoms with E-state index in [0.717, 1.165) is 49.2 Å². The van der Waals surface area contributed by atoms with Crippen molar-refractivity contribution in [3.8, 4) is 5.75 Å². The van der Waals surface area contributed by atoms with Gasteiger partial charge < -0.3 is 5.11 Å². The number of aromatic nitrogens is 1. The van der Waals surface area contributed by atoms with Gasteiger partial charge in [0.2, 0.25) is 0 Å². The monoisotopic (exact) mass is 403 g/mol. The Morgan fingerprint density at radius 3 is 2.55 bits per heavy atom. The number of thiazole rings is 1. The highest BCUT2D eigenvalue weighted by Crippen LogP contribution is 2.31. The van der Waals surface area contributed by atoms with Crippen LogP contribution in [0.1, 0.15) is 23.5 Å². The molecule has 2 heterocycles. The summed E-state index contributed by atoms with van der Waals surface area (Å²) in [7, 11) is 0. The SMILES string of the molecule is CC(c1nc2ccccc2s1)N1CCN(Cc2c(O)ccc3ccccc23)CC1. The Labute approximate surface area is 175 Å². The van der Waals surface area contributed by atoms with Crippen LogP contribution in [0.5, 0.6) is 5.75 Å². The van der Waals surface area contributed by atoms with Crippen LogP contribution in [0.3, 0.4) is 0 Å². The number of para-hydroxylation sites is 1. The summed E-state index contributed by atoms with van der Waals surface area (Å²) >= 11 is 1.81. The fourth-order valence-corrected chi connectivity index (χ4v) is 5.30. The summed E-state index contributed by atoms with van der Waals surface area (Å²) in [6.07, 6.45) is 0. The molecule has 5 heteroatoms. The zero-order valence-corrected chi connectivity index (χ0v) is 17.4. The number of hydrogen-bond acceptors (Lipinski definition) is 5. The number of hydrogen-bond donors (Lipinski definition) is 1. The number of phenolic OH excluding ortho intramolecular Hbond substituents is 1. The van der Waals surface area contributed by atoms with Crippen molar-refractivity contribution in [3.05, 3.63) is 71.2 Å². The fourth-order valence-electron chi connectivity index (χ4n) is 4.25. The van der Waals surface area contributed by atoms with Gasteiger partial charge in [0, 0.05) is 38.3 Å². The van der Waals surface area contributed by atoms with Gasteiger partial charge in [-0.25, -0.2) is 4.98 Å². The van der Waals surface area contributed by atoms with E-state index in [1.165, 1.54) is 15.1 Å². The second kappa shape index (κ2) is 7.75. The van der Waals surface area contributed by atoms with Gasteiger partial charge in [-0.2, -0.15) is 0 Å². The molecule has 1 unspecified atom stereocenters. The molecule has 0 radical (unpaired) electrons. The van der Waals surface area contributed by atoms with E-state index in [1.807, 2.05) is 24.3 Å². The maximum absolute atomic E-state index is 10.5. The molecule has 1 N–H and O–H groups in total. The van der Waals surface area contributed by atoms with Crippen LogP contribution >= 0.6 is 11.3 Å².